The predicted molar refractivity (Wildman–Crippen MR) is 90.8 cm³/mol. The van der Waals surface area contributed by atoms with Crippen molar-refractivity contribution < 1.29 is 9.53 Å². The minimum Gasteiger partial charge on any atom is -0.482 e. The van der Waals surface area contributed by atoms with Gasteiger partial charge in [-0.3, -0.25) is 4.79 Å². The number of halogens is 2. The Morgan fingerprint density at radius 1 is 1.23 bits per heavy atom. The van der Waals surface area contributed by atoms with E-state index in [9.17, 15) is 4.79 Å². The molecular formula is C16H16Cl2N2O2. The minimum absolute atomic E-state index is 0.156. The van der Waals surface area contributed by atoms with Gasteiger partial charge < -0.3 is 15.8 Å². The summed E-state index contributed by atoms with van der Waals surface area (Å²) >= 11 is 11.8. The first-order valence-corrected chi connectivity index (χ1v) is 7.51. The van der Waals surface area contributed by atoms with E-state index in [4.69, 9.17) is 33.7 Å². The first-order valence-electron chi connectivity index (χ1n) is 6.75. The summed E-state index contributed by atoms with van der Waals surface area (Å²) in [7, 11) is 0. The van der Waals surface area contributed by atoms with Crippen LogP contribution in [0.25, 0.3) is 0 Å². The normalized spacial score (nSPS) is 10.3. The van der Waals surface area contributed by atoms with Crippen molar-refractivity contribution in [3.8, 4) is 5.75 Å². The summed E-state index contributed by atoms with van der Waals surface area (Å²) in [5, 5.41) is 3.59. The Morgan fingerprint density at radius 3 is 2.64 bits per heavy atom. The smallest absolute Gasteiger partial charge is 0.262 e. The molecule has 0 spiro atoms. The van der Waals surface area contributed by atoms with E-state index in [1.54, 1.807) is 24.3 Å². The van der Waals surface area contributed by atoms with Gasteiger partial charge in [-0.2, -0.15) is 0 Å². The number of hydrogen-bond acceptors (Lipinski definition) is 3. The highest BCUT2D eigenvalue weighted by atomic mass is 35.5. The molecule has 2 rings (SSSR count). The number of ether oxygens (including phenoxy) is 1. The van der Waals surface area contributed by atoms with Crippen molar-refractivity contribution in [2.24, 2.45) is 0 Å². The quantitative estimate of drug-likeness (QED) is 0.804. The molecule has 4 nitrogen and oxygen atoms in total. The fourth-order valence-electron chi connectivity index (χ4n) is 1.93. The van der Waals surface area contributed by atoms with Gasteiger partial charge in [-0.1, -0.05) is 36.2 Å². The zero-order chi connectivity index (χ0) is 16.1. The van der Waals surface area contributed by atoms with Crippen molar-refractivity contribution >= 4 is 40.5 Å². The molecule has 0 aromatic heterocycles. The first kappa shape index (κ1) is 16.5. The number of aryl methyl sites for hydroxylation is 1. The molecule has 0 radical (unpaired) electrons. The molecule has 0 heterocycles. The number of nitrogens with two attached hydrogens (primary N) is 1. The van der Waals surface area contributed by atoms with Gasteiger partial charge in [0.05, 0.1) is 5.02 Å². The van der Waals surface area contributed by atoms with E-state index in [-0.39, 0.29) is 12.5 Å². The molecule has 116 valence electrons. The van der Waals surface area contributed by atoms with E-state index in [1.807, 2.05) is 19.1 Å². The number of carbonyl (C=O) groups excluding carboxylic acids is 1. The minimum atomic E-state index is -0.297. The summed E-state index contributed by atoms with van der Waals surface area (Å²) in [6.07, 6.45) is 0.845. The molecule has 3 N–H and O–H groups in total. The van der Waals surface area contributed by atoms with E-state index in [1.165, 1.54) is 0 Å². The molecule has 0 aliphatic heterocycles. The SMILES string of the molecule is CCc1ccc(NC(=O)COc2ccc(Cl)cc2Cl)cc1N. The molecule has 0 aliphatic rings. The maximum atomic E-state index is 11.9. The van der Waals surface area contributed by atoms with E-state index in [2.05, 4.69) is 5.32 Å². The van der Waals surface area contributed by atoms with Crippen LogP contribution in [0.1, 0.15) is 12.5 Å². The number of carbonyl (C=O) groups is 1. The lowest BCUT2D eigenvalue weighted by molar-refractivity contribution is -0.118. The maximum Gasteiger partial charge on any atom is 0.262 e. The van der Waals surface area contributed by atoms with Crippen LogP contribution in [-0.4, -0.2) is 12.5 Å². The van der Waals surface area contributed by atoms with Gasteiger partial charge in [0.25, 0.3) is 5.91 Å². The van der Waals surface area contributed by atoms with Gasteiger partial charge in [0.15, 0.2) is 6.61 Å². The van der Waals surface area contributed by atoms with Crippen molar-refractivity contribution in [1.29, 1.82) is 0 Å². The average molecular weight is 339 g/mol. The largest absolute Gasteiger partial charge is 0.482 e. The summed E-state index contributed by atoms with van der Waals surface area (Å²) in [5.74, 6) is 0.108. The molecule has 6 heteroatoms. The van der Waals surface area contributed by atoms with Gasteiger partial charge in [-0.15, -0.1) is 0 Å². The van der Waals surface area contributed by atoms with Gasteiger partial charge >= 0.3 is 0 Å². The third-order valence-electron chi connectivity index (χ3n) is 3.06. The van der Waals surface area contributed by atoms with Gasteiger partial charge in [0.2, 0.25) is 0 Å². The van der Waals surface area contributed by atoms with Crippen molar-refractivity contribution in [2.45, 2.75) is 13.3 Å². The number of rotatable bonds is 5. The van der Waals surface area contributed by atoms with Crippen molar-refractivity contribution in [1.82, 2.24) is 0 Å². The topological polar surface area (TPSA) is 64.3 Å². The molecular weight excluding hydrogens is 323 g/mol. The second-order valence-corrected chi connectivity index (χ2v) is 5.52. The highest BCUT2D eigenvalue weighted by Crippen LogP contribution is 2.27. The number of amides is 1. The zero-order valence-corrected chi connectivity index (χ0v) is 13.5. The van der Waals surface area contributed by atoms with Crippen LogP contribution < -0.4 is 15.8 Å². The van der Waals surface area contributed by atoms with Gasteiger partial charge in [0.1, 0.15) is 5.75 Å². The van der Waals surface area contributed by atoms with Crippen LogP contribution >= 0.6 is 23.2 Å². The molecule has 1 amide bonds. The number of anilines is 2. The number of nitrogen functional groups attached to an aromatic ring is 1. The van der Waals surface area contributed by atoms with Crippen molar-refractivity contribution in [3.05, 3.63) is 52.0 Å². The molecule has 0 aliphatic carbocycles. The van der Waals surface area contributed by atoms with Crippen LogP contribution in [0, 0.1) is 0 Å². The summed E-state index contributed by atoms with van der Waals surface area (Å²) < 4.78 is 5.37. The van der Waals surface area contributed by atoms with Crippen LogP contribution in [0.4, 0.5) is 11.4 Å². The Bertz CT molecular complexity index is 690. The number of hydrogen-bond donors (Lipinski definition) is 2. The Hall–Kier alpha value is -1.91. The van der Waals surface area contributed by atoms with Crippen LogP contribution in [-0.2, 0) is 11.2 Å². The highest BCUT2D eigenvalue weighted by Gasteiger charge is 2.08. The average Bonchev–Trinajstić information content (AvgIpc) is 2.46. The monoisotopic (exact) mass is 338 g/mol. The first-order chi connectivity index (χ1) is 10.5. The van der Waals surface area contributed by atoms with Crippen LogP contribution in [0.3, 0.4) is 0 Å². The molecule has 22 heavy (non-hydrogen) atoms. The molecule has 0 saturated heterocycles. The van der Waals surface area contributed by atoms with E-state index in [0.717, 1.165) is 12.0 Å². The molecule has 0 fully saturated rings. The van der Waals surface area contributed by atoms with Crippen LogP contribution in [0.15, 0.2) is 36.4 Å². The Balaban J connectivity index is 1.94. The summed E-state index contributed by atoms with van der Waals surface area (Å²) in [6.45, 7) is 1.87. The van der Waals surface area contributed by atoms with Crippen molar-refractivity contribution in [3.63, 3.8) is 0 Å². The Labute approximate surface area is 139 Å². The summed E-state index contributed by atoms with van der Waals surface area (Å²) in [6, 6.07) is 10.2. The lowest BCUT2D eigenvalue weighted by Gasteiger charge is -2.10. The molecule has 2 aromatic rings. The Morgan fingerprint density at radius 2 is 2.00 bits per heavy atom. The van der Waals surface area contributed by atoms with Gasteiger partial charge in [-0.25, -0.2) is 0 Å². The van der Waals surface area contributed by atoms with E-state index in [0.29, 0.717) is 27.2 Å². The molecule has 0 atom stereocenters. The summed E-state index contributed by atoms with van der Waals surface area (Å²) in [4.78, 5) is 11.9. The second-order valence-electron chi connectivity index (χ2n) is 4.68. The molecule has 0 bridgehead atoms. The fraction of sp³-hybridized carbons (Fsp3) is 0.188. The van der Waals surface area contributed by atoms with E-state index >= 15 is 0 Å². The van der Waals surface area contributed by atoms with Crippen LogP contribution in [0.2, 0.25) is 10.0 Å². The molecule has 2 aromatic carbocycles. The molecule has 0 unspecified atom stereocenters. The lowest BCUT2D eigenvalue weighted by Crippen LogP contribution is -2.20. The number of nitrogens with one attached hydrogen (secondary N) is 1. The lowest BCUT2D eigenvalue weighted by atomic mass is 10.1. The molecule has 0 saturated carbocycles. The maximum absolute atomic E-state index is 11.9. The standard InChI is InChI=1S/C16H16Cl2N2O2/c1-2-10-3-5-12(8-14(10)19)20-16(21)9-22-15-6-4-11(17)7-13(15)18/h3-8H,2,9,19H2,1H3,(H,20,21). The Kier molecular flexibility index (Phi) is 5.52. The highest BCUT2D eigenvalue weighted by molar-refractivity contribution is 6.35. The summed E-state index contributed by atoms with van der Waals surface area (Å²) in [5.41, 5.74) is 8.22. The number of benzene rings is 2. The second kappa shape index (κ2) is 7.38. The van der Waals surface area contributed by atoms with Crippen molar-refractivity contribution in [2.75, 3.05) is 17.7 Å². The van der Waals surface area contributed by atoms with Crippen LogP contribution in [0.5, 0.6) is 5.75 Å². The van der Waals surface area contributed by atoms with Gasteiger partial charge in [-0.05, 0) is 42.3 Å². The fourth-order valence-corrected chi connectivity index (χ4v) is 2.39. The zero-order valence-electron chi connectivity index (χ0n) is 12.0. The third kappa shape index (κ3) is 4.29. The van der Waals surface area contributed by atoms with E-state index < -0.39 is 0 Å². The third-order valence-corrected chi connectivity index (χ3v) is 3.59. The predicted octanol–water partition coefficient (Wildman–Crippen LogP) is 4.16. The van der Waals surface area contributed by atoms with Gasteiger partial charge in [0, 0.05) is 16.4 Å².